The number of hydrogen-bond donors (Lipinski definition) is 1. The van der Waals surface area contributed by atoms with Gasteiger partial charge in [0.15, 0.2) is 9.84 Å². The van der Waals surface area contributed by atoms with Crippen molar-refractivity contribution in [2.75, 3.05) is 6.26 Å². The van der Waals surface area contributed by atoms with Crippen LogP contribution >= 0.6 is 0 Å². The molecule has 2 rings (SSSR count). The summed E-state index contributed by atoms with van der Waals surface area (Å²) in [6, 6.07) is 14.5. The molecule has 0 aliphatic carbocycles. The van der Waals surface area contributed by atoms with Crippen molar-refractivity contribution in [2.24, 2.45) is 5.73 Å². The Bertz CT molecular complexity index is 846. The highest BCUT2D eigenvalue weighted by molar-refractivity contribution is 7.89. The number of benzene rings is 2. The molecule has 24 heavy (non-hydrogen) atoms. The minimum Gasteiger partial charge on any atom is -0.444 e. The minimum atomic E-state index is -3.23. The van der Waals surface area contributed by atoms with Gasteiger partial charge in [-0.1, -0.05) is 42.5 Å². The summed E-state index contributed by atoms with van der Waals surface area (Å²) < 4.78 is 27.9. The molecule has 7 heteroatoms. The predicted molar refractivity (Wildman–Crippen MR) is 88.8 cm³/mol. The Hall–Kier alpha value is -2.67. The summed E-state index contributed by atoms with van der Waals surface area (Å²) in [6.07, 6.45) is -0.103. The molecule has 0 bridgehead atoms. The molecule has 126 valence electrons. The summed E-state index contributed by atoms with van der Waals surface area (Å²) in [5, 5.41) is 0. The lowest BCUT2D eigenvalue weighted by molar-refractivity contribution is -0.127. The minimum absolute atomic E-state index is 0.151. The number of ether oxygens (including phenoxy) is 1. The maximum absolute atomic E-state index is 12.3. The number of carbonyl (C=O) groups is 2. The molecule has 2 aromatic rings. The van der Waals surface area contributed by atoms with E-state index < -0.39 is 27.8 Å². The number of carbonyl (C=O) groups excluding carboxylic acids is 2. The Morgan fingerprint density at radius 3 is 2.33 bits per heavy atom. The second kappa shape index (κ2) is 7.27. The lowest BCUT2D eigenvalue weighted by atomic mass is 10.1. The van der Waals surface area contributed by atoms with Gasteiger partial charge in [-0.3, -0.25) is 4.79 Å². The monoisotopic (exact) mass is 347 g/mol. The second-order valence-corrected chi connectivity index (χ2v) is 7.51. The first-order valence-corrected chi connectivity index (χ1v) is 9.14. The van der Waals surface area contributed by atoms with E-state index in [1.807, 2.05) is 0 Å². The van der Waals surface area contributed by atoms with E-state index in [4.69, 9.17) is 10.5 Å². The third-order valence-corrected chi connectivity index (χ3v) is 4.03. The molecule has 2 N–H and O–H groups in total. The molecule has 2 aromatic carbocycles. The molecule has 0 heterocycles. The van der Waals surface area contributed by atoms with Crippen LogP contribution in [0.4, 0.5) is 0 Å². The van der Waals surface area contributed by atoms with Crippen LogP contribution in [0, 0.1) is 0 Å². The number of rotatable bonds is 6. The van der Waals surface area contributed by atoms with Crippen LogP contribution in [0.15, 0.2) is 54.6 Å². The van der Waals surface area contributed by atoms with E-state index in [9.17, 15) is 18.0 Å². The second-order valence-electron chi connectivity index (χ2n) is 5.37. The fraction of sp³-hybridized carbons (Fsp3) is 0.176. The zero-order valence-corrected chi connectivity index (χ0v) is 13.8. The fourth-order valence-corrected chi connectivity index (χ4v) is 2.97. The van der Waals surface area contributed by atoms with Crippen molar-refractivity contribution in [3.8, 4) is 0 Å². The molecule has 0 aliphatic rings. The van der Waals surface area contributed by atoms with Gasteiger partial charge in [0.25, 0.3) is 5.91 Å². The lowest BCUT2D eigenvalue weighted by Gasteiger charge is -2.15. The smallest absolute Gasteiger partial charge is 0.339 e. The summed E-state index contributed by atoms with van der Waals surface area (Å²) >= 11 is 0. The van der Waals surface area contributed by atoms with Crippen molar-refractivity contribution in [2.45, 2.75) is 11.9 Å². The normalized spacial score (nSPS) is 12.4. The average Bonchev–Trinajstić information content (AvgIpc) is 2.51. The average molecular weight is 347 g/mol. The highest BCUT2D eigenvalue weighted by Crippen LogP contribution is 2.19. The van der Waals surface area contributed by atoms with Gasteiger partial charge in [0, 0.05) is 11.8 Å². The maximum atomic E-state index is 12.3. The molecular formula is C17H17NO5S. The van der Waals surface area contributed by atoms with Crippen molar-refractivity contribution in [1.29, 1.82) is 0 Å². The molecular weight excluding hydrogens is 330 g/mol. The van der Waals surface area contributed by atoms with E-state index in [0.717, 1.165) is 6.26 Å². The number of esters is 1. The summed E-state index contributed by atoms with van der Waals surface area (Å²) in [5.74, 6) is -1.73. The van der Waals surface area contributed by atoms with E-state index in [-0.39, 0.29) is 11.3 Å². The summed E-state index contributed by atoms with van der Waals surface area (Å²) in [6.45, 7) is 0. The van der Waals surface area contributed by atoms with Gasteiger partial charge in [-0.25, -0.2) is 13.2 Å². The van der Waals surface area contributed by atoms with E-state index in [0.29, 0.717) is 11.1 Å². The van der Waals surface area contributed by atoms with Crippen molar-refractivity contribution in [1.82, 2.24) is 0 Å². The van der Waals surface area contributed by atoms with E-state index >= 15 is 0 Å². The Labute approximate surface area is 140 Å². The summed E-state index contributed by atoms with van der Waals surface area (Å²) in [7, 11) is -3.23. The zero-order valence-electron chi connectivity index (χ0n) is 13.0. The highest BCUT2D eigenvalue weighted by atomic mass is 32.2. The van der Waals surface area contributed by atoms with Crippen molar-refractivity contribution in [3.63, 3.8) is 0 Å². The quantitative estimate of drug-likeness (QED) is 0.800. The van der Waals surface area contributed by atoms with Crippen LogP contribution in [0.3, 0.4) is 0 Å². The number of sulfone groups is 1. The SMILES string of the molecule is CS(=O)(=O)Cc1cccc(C(=O)OC(C(N)=O)c2ccccc2)c1. The van der Waals surface area contributed by atoms with E-state index in [2.05, 4.69) is 0 Å². The van der Waals surface area contributed by atoms with Gasteiger partial charge in [-0.05, 0) is 17.7 Å². The summed E-state index contributed by atoms with van der Waals surface area (Å²) in [5.41, 5.74) is 6.39. The number of primary amides is 1. The third-order valence-electron chi connectivity index (χ3n) is 3.18. The van der Waals surface area contributed by atoms with Crippen LogP contribution in [0.25, 0.3) is 0 Å². The lowest BCUT2D eigenvalue weighted by Crippen LogP contribution is -2.26. The van der Waals surface area contributed by atoms with E-state index in [1.165, 1.54) is 12.1 Å². The molecule has 0 spiro atoms. The van der Waals surface area contributed by atoms with Gasteiger partial charge in [0.05, 0.1) is 11.3 Å². The Kier molecular flexibility index (Phi) is 5.35. The Morgan fingerprint density at radius 2 is 1.75 bits per heavy atom. The van der Waals surface area contributed by atoms with Crippen LogP contribution in [-0.2, 0) is 25.1 Å². The van der Waals surface area contributed by atoms with Crippen molar-refractivity contribution < 1.29 is 22.7 Å². The van der Waals surface area contributed by atoms with Gasteiger partial charge in [-0.15, -0.1) is 0 Å². The van der Waals surface area contributed by atoms with Gasteiger partial charge < -0.3 is 10.5 Å². The first kappa shape index (κ1) is 17.7. The number of amides is 1. The van der Waals surface area contributed by atoms with Gasteiger partial charge in [0.2, 0.25) is 6.10 Å². The van der Waals surface area contributed by atoms with Crippen LogP contribution in [0.5, 0.6) is 0 Å². The van der Waals surface area contributed by atoms with Crippen LogP contribution in [0.1, 0.15) is 27.6 Å². The molecule has 0 aliphatic heterocycles. The van der Waals surface area contributed by atoms with E-state index in [1.54, 1.807) is 42.5 Å². The topological polar surface area (TPSA) is 104 Å². The van der Waals surface area contributed by atoms with Gasteiger partial charge >= 0.3 is 5.97 Å². The van der Waals surface area contributed by atoms with Crippen LogP contribution in [0.2, 0.25) is 0 Å². The van der Waals surface area contributed by atoms with Crippen LogP contribution in [-0.4, -0.2) is 26.6 Å². The maximum Gasteiger partial charge on any atom is 0.339 e. The first-order valence-electron chi connectivity index (χ1n) is 7.08. The zero-order chi connectivity index (χ0) is 17.7. The fourth-order valence-electron chi connectivity index (χ4n) is 2.18. The molecule has 0 saturated carbocycles. The van der Waals surface area contributed by atoms with Crippen molar-refractivity contribution in [3.05, 3.63) is 71.3 Å². The largest absolute Gasteiger partial charge is 0.444 e. The standard InChI is InChI=1S/C17H17NO5S/c1-24(21,22)11-12-6-5-9-14(10-12)17(20)23-15(16(18)19)13-7-3-2-4-8-13/h2-10,15H,11H2,1H3,(H2,18,19). The molecule has 1 unspecified atom stereocenters. The molecule has 1 atom stereocenters. The Balaban J connectivity index is 2.22. The number of hydrogen-bond acceptors (Lipinski definition) is 5. The molecule has 6 nitrogen and oxygen atoms in total. The molecule has 0 aromatic heterocycles. The molecule has 0 fully saturated rings. The van der Waals surface area contributed by atoms with Gasteiger partial charge in [-0.2, -0.15) is 0 Å². The van der Waals surface area contributed by atoms with Gasteiger partial charge in [0.1, 0.15) is 0 Å². The number of nitrogens with two attached hydrogens (primary N) is 1. The van der Waals surface area contributed by atoms with Crippen LogP contribution < -0.4 is 5.73 Å². The first-order chi connectivity index (χ1) is 11.3. The molecule has 1 amide bonds. The predicted octanol–water partition coefficient (Wildman–Crippen LogP) is 1.61. The third kappa shape index (κ3) is 4.92. The molecule has 0 saturated heterocycles. The Morgan fingerprint density at radius 1 is 1.08 bits per heavy atom. The summed E-state index contributed by atoms with van der Waals surface area (Å²) in [4.78, 5) is 23.9. The highest BCUT2D eigenvalue weighted by Gasteiger charge is 2.23. The molecule has 0 radical (unpaired) electrons. The van der Waals surface area contributed by atoms with Crippen molar-refractivity contribution >= 4 is 21.7 Å².